The van der Waals surface area contributed by atoms with Crippen LogP contribution < -0.4 is 10.2 Å². The summed E-state index contributed by atoms with van der Waals surface area (Å²) in [4.78, 5) is 39.9. The van der Waals surface area contributed by atoms with Gasteiger partial charge in [0, 0.05) is 11.3 Å². The molecule has 4 rings (SSSR count). The van der Waals surface area contributed by atoms with E-state index in [1.54, 1.807) is 24.3 Å². The van der Waals surface area contributed by atoms with Crippen LogP contribution in [-0.4, -0.2) is 17.7 Å². The Kier molecular flexibility index (Phi) is 4.82. The van der Waals surface area contributed by atoms with Crippen LogP contribution in [0.1, 0.15) is 41.3 Å². The molecule has 2 atom stereocenters. The second-order valence-corrected chi connectivity index (χ2v) is 7.97. The topological polar surface area (TPSA) is 66.5 Å². The molecule has 0 bridgehead atoms. The monoisotopic (exact) mass is 388 g/mol. The second kappa shape index (κ2) is 7.32. The lowest BCUT2D eigenvalue weighted by molar-refractivity contribution is -0.122. The number of hydrogen-bond acceptors (Lipinski definition) is 3. The molecule has 1 N–H and O–H groups in total. The Morgan fingerprint density at radius 3 is 2.52 bits per heavy atom. The van der Waals surface area contributed by atoms with Crippen LogP contribution in [0.2, 0.25) is 0 Å². The van der Waals surface area contributed by atoms with Gasteiger partial charge >= 0.3 is 0 Å². The maximum atomic E-state index is 12.9. The molecule has 1 fully saturated rings. The molecule has 0 saturated carbocycles. The van der Waals surface area contributed by atoms with Crippen LogP contribution in [0, 0.1) is 25.7 Å². The van der Waals surface area contributed by atoms with E-state index in [1.807, 2.05) is 45.0 Å². The van der Waals surface area contributed by atoms with Crippen molar-refractivity contribution in [2.75, 3.05) is 10.2 Å². The highest BCUT2D eigenvalue weighted by molar-refractivity contribution is 6.22. The molecule has 1 aliphatic heterocycles. The molecule has 3 amide bonds. The van der Waals surface area contributed by atoms with E-state index in [2.05, 4.69) is 5.32 Å². The zero-order valence-corrected chi connectivity index (χ0v) is 16.9. The van der Waals surface area contributed by atoms with E-state index in [9.17, 15) is 14.4 Å². The summed E-state index contributed by atoms with van der Waals surface area (Å²) >= 11 is 0. The predicted molar refractivity (Wildman–Crippen MR) is 113 cm³/mol. The SMILES string of the molecule is CC1=CC[C@@H]2C(=O)N(c3cccc(C(=O)Nc4cccc(C)c4C)c3)C(=O)[C@@H]2C1. The third-order valence-corrected chi connectivity index (χ3v) is 6.04. The van der Waals surface area contributed by atoms with Crippen LogP contribution in [0.15, 0.2) is 54.1 Å². The quantitative estimate of drug-likeness (QED) is 0.626. The number of hydrogen-bond donors (Lipinski definition) is 1. The smallest absolute Gasteiger partial charge is 0.255 e. The van der Waals surface area contributed by atoms with Crippen LogP contribution in [0.25, 0.3) is 0 Å². The summed E-state index contributed by atoms with van der Waals surface area (Å²) < 4.78 is 0. The van der Waals surface area contributed by atoms with Crippen molar-refractivity contribution in [2.24, 2.45) is 11.8 Å². The van der Waals surface area contributed by atoms with Crippen LogP contribution >= 0.6 is 0 Å². The van der Waals surface area contributed by atoms with E-state index in [0.717, 1.165) is 22.4 Å². The van der Waals surface area contributed by atoms with Gasteiger partial charge in [-0.3, -0.25) is 19.3 Å². The van der Waals surface area contributed by atoms with Crippen molar-refractivity contribution in [1.29, 1.82) is 0 Å². The number of carbonyl (C=O) groups is 3. The number of nitrogens with zero attached hydrogens (tertiary/aromatic N) is 1. The number of amides is 3. The molecule has 2 aromatic rings. The lowest BCUT2D eigenvalue weighted by Crippen LogP contribution is -2.31. The standard InChI is InChI=1S/C24H24N2O3/c1-14-10-11-19-20(12-14)24(29)26(23(19)28)18-8-5-7-17(13-18)22(27)25-21-9-4-6-15(2)16(21)3/h4-10,13,19-20H,11-12H2,1-3H3,(H,25,27)/t19-,20+/m0/s1. The number of aryl methyl sites for hydroxylation is 1. The van der Waals surface area contributed by atoms with Gasteiger partial charge in [0.1, 0.15) is 0 Å². The molecule has 5 heteroatoms. The normalized spacial score (nSPS) is 21.1. The van der Waals surface area contributed by atoms with Gasteiger partial charge in [0.05, 0.1) is 17.5 Å². The van der Waals surface area contributed by atoms with Gasteiger partial charge in [-0.2, -0.15) is 0 Å². The highest BCUT2D eigenvalue weighted by atomic mass is 16.2. The third-order valence-electron chi connectivity index (χ3n) is 6.04. The summed E-state index contributed by atoms with van der Waals surface area (Å²) in [6, 6.07) is 12.5. The first kappa shape index (κ1) is 19.1. The molecule has 5 nitrogen and oxygen atoms in total. The number of benzene rings is 2. The molecular formula is C24H24N2O3. The Bertz CT molecular complexity index is 1050. The lowest BCUT2D eigenvalue weighted by atomic mass is 9.82. The molecular weight excluding hydrogens is 364 g/mol. The minimum absolute atomic E-state index is 0.167. The summed E-state index contributed by atoms with van der Waals surface area (Å²) in [6.07, 6.45) is 3.27. The minimum atomic E-state index is -0.293. The van der Waals surface area contributed by atoms with Crippen LogP contribution in [0.5, 0.6) is 0 Å². The van der Waals surface area contributed by atoms with E-state index in [4.69, 9.17) is 0 Å². The minimum Gasteiger partial charge on any atom is -0.322 e. The van der Waals surface area contributed by atoms with E-state index < -0.39 is 0 Å². The maximum absolute atomic E-state index is 12.9. The van der Waals surface area contributed by atoms with Gasteiger partial charge in [0.2, 0.25) is 11.8 Å². The molecule has 2 aliphatic rings. The van der Waals surface area contributed by atoms with Gasteiger partial charge in [-0.25, -0.2) is 0 Å². The summed E-state index contributed by atoms with van der Waals surface area (Å²) in [5.41, 5.74) is 4.87. The zero-order chi connectivity index (χ0) is 20.7. The second-order valence-electron chi connectivity index (χ2n) is 7.97. The Hall–Kier alpha value is -3.21. The van der Waals surface area contributed by atoms with Gasteiger partial charge in [-0.15, -0.1) is 0 Å². The first-order chi connectivity index (χ1) is 13.9. The Morgan fingerprint density at radius 1 is 1.00 bits per heavy atom. The molecule has 1 saturated heterocycles. The fourth-order valence-electron chi connectivity index (χ4n) is 4.16. The fraction of sp³-hybridized carbons (Fsp3) is 0.292. The number of anilines is 2. The average Bonchev–Trinajstić information content (AvgIpc) is 2.95. The Labute approximate surface area is 170 Å². The third kappa shape index (κ3) is 3.37. The van der Waals surface area contributed by atoms with Gasteiger partial charge in [-0.05, 0) is 69.0 Å². The highest BCUT2D eigenvalue weighted by Gasteiger charge is 2.48. The number of carbonyl (C=O) groups excluding carboxylic acids is 3. The molecule has 0 aromatic heterocycles. The number of nitrogens with one attached hydrogen (secondary N) is 1. The first-order valence-corrected chi connectivity index (χ1v) is 9.88. The molecule has 148 valence electrons. The zero-order valence-electron chi connectivity index (χ0n) is 16.9. The van der Waals surface area contributed by atoms with Crippen LogP contribution in [-0.2, 0) is 9.59 Å². The molecule has 29 heavy (non-hydrogen) atoms. The average molecular weight is 388 g/mol. The Morgan fingerprint density at radius 2 is 1.72 bits per heavy atom. The van der Waals surface area contributed by atoms with E-state index in [1.165, 1.54) is 4.90 Å². The van der Waals surface area contributed by atoms with Crippen molar-refractivity contribution in [1.82, 2.24) is 0 Å². The van der Waals surface area contributed by atoms with Gasteiger partial charge in [-0.1, -0.05) is 29.8 Å². The maximum Gasteiger partial charge on any atom is 0.255 e. The largest absolute Gasteiger partial charge is 0.322 e. The molecule has 1 aliphatic carbocycles. The summed E-state index contributed by atoms with van der Waals surface area (Å²) in [5, 5.41) is 2.93. The number of imide groups is 1. The number of rotatable bonds is 3. The molecule has 1 heterocycles. The number of fused-ring (bicyclic) bond motifs is 1. The van der Waals surface area contributed by atoms with Crippen LogP contribution in [0.3, 0.4) is 0 Å². The van der Waals surface area contributed by atoms with E-state index in [-0.39, 0.29) is 29.6 Å². The van der Waals surface area contributed by atoms with Gasteiger partial charge < -0.3 is 5.32 Å². The highest BCUT2D eigenvalue weighted by Crippen LogP contribution is 2.39. The lowest BCUT2D eigenvalue weighted by Gasteiger charge is -2.18. The molecule has 0 radical (unpaired) electrons. The molecule has 0 spiro atoms. The predicted octanol–water partition coefficient (Wildman–Crippen LogP) is 4.40. The summed E-state index contributed by atoms with van der Waals surface area (Å²) in [7, 11) is 0. The van der Waals surface area contributed by atoms with E-state index >= 15 is 0 Å². The van der Waals surface area contributed by atoms with Crippen molar-refractivity contribution < 1.29 is 14.4 Å². The van der Waals surface area contributed by atoms with Crippen LogP contribution in [0.4, 0.5) is 11.4 Å². The number of allylic oxidation sites excluding steroid dienone is 2. The van der Waals surface area contributed by atoms with Crippen molar-refractivity contribution >= 4 is 29.1 Å². The summed E-state index contributed by atoms with van der Waals surface area (Å²) in [5.74, 6) is -1.19. The van der Waals surface area contributed by atoms with Crippen molar-refractivity contribution in [2.45, 2.75) is 33.6 Å². The first-order valence-electron chi connectivity index (χ1n) is 9.88. The van der Waals surface area contributed by atoms with Gasteiger partial charge in [0.25, 0.3) is 5.91 Å². The van der Waals surface area contributed by atoms with E-state index in [0.29, 0.717) is 24.1 Å². The van der Waals surface area contributed by atoms with Gasteiger partial charge in [0.15, 0.2) is 0 Å². The van der Waals surface area contributed by atoms with Crippen molar-refractivity contribution in [3.05, 3.63) is 70.8 Å². The Balaban J connectivity index is 1.59. The van der Waals surface area contributed by atoms with Crippen molar-refractivity contribution in [3.63, 3.8) is 0 Å². The fourth-order valence-corrected chi connectivity index (χ4v) is 4.16. The molecule has 2 aromatic carbocycles. The summed E-state index contributed by atoms with van der Waals surface area (Å²) in [6.45, 7) is 5.95. The molecule has 0 unspecified atom stereocenters. The van der Waals surface area contributed by atoms with Crippen molar-refractivity contribution in [3.8, 4) is 0 Å².